The molecule has 0 spiro atoms. The predicted octanol–water partition coefficient (Wildman–Crippen LogP) is 3.57. The summed E-state index contributed by atoms with van der Waals surface area (Å²) in [6, 6.07) is 5.68. The Hall–Kier alpha value is -2.08. The first-order valence-electron chi connectivity index (χ1n) is 10.6. The fourth-order valence-corrected chi connectivity index (χ4v) is 4.25. The number of hydrogen-bond donors (Lipinski definition) is 2. The summed E-state index contributed by atoms with van der Waals surface area (Å²) in [6.07, 6.45) is 8.90. The van der Waals surface area contributed by atoms with Crippen molar-refractivity contribution in [2.45, 2.75) is 51.4 Å². The first-order valence-corrected chi connectivity index (χ1v) is 10.6. The monoisotopic (exact) mass is 387 g/mol. The molecule has 2 amide bonds. The smallest absolute Gasteiger partial charge is 0.253 e. The van der Waals surface area contributed by atoms with Crippen molar-refractivity contribution in [1.29, 1.82) is 0 Å². The van der Waals surface area contributed by atoms with Crippen LogP contribution in [0.15, 0.2) is 18.2 Å². The molecule has 1 aromatic rings. The third-order valence-electron chi connectivity index (χ3n) is 5.82. The van der Waals surface area contributed by atoms with Gasteiger partial charge in [0.15, 0.2) is 0 Å². The normalized spacial score (nSPS) is 17.1. The molecule has 1 aromatic carbocycles. The number of carbonyl (C=O) groups is 2. The second-order valence-electron chi connectivity index (χ2n) is 7.91. The van der Waals surface area contributed by atoms with Crippen LogP contribution in [0.3, 0.4) is 0 Å². The fourth-order valence-electron chi connectivity index (χ4n) is 4.25. The maximum Gasteiger partial charge on any atom is 0.253 e. The molecular weight excluding hydrogens is 354 g/mol. The zero-order valence-electron chi connectivity index (χ0n) is 17.0. The Bertz CT molecular complexity index is 665. The van der Waals surface area contributed by atoms with Gasteiger partial charge in [-0.25, -0.2) is 0 Å². The molecule has 0 aromatic heterocycles. The lowest BCUT2D eigenvalue weighted by molar-refractivity contribution is -0.116. The highest BCUT2D eigenvalue weighted by Gasteiger charge is 2.21. The number of nitrogens with one attached hydrogen (secondary N) is 2. The molecule has 1 aliphatic carbocycles. The van der Waals surface area contributed by atoms with Gasteiger partial charge in [0.2, 0.25) is 5.91 Å². The molecule has 2 fully saturated rings. The Morgan fingerprint density at radius 1 is 1.14 bits per heavy atom. The Labute approximate surface area is 168 Å². The van der Waals surface area contributed by atoms with Gasteiger partial charge in [0.25, 0.3) is 5.91 Å². The van der Waals surface area contributed by atoms with Crippen LogP contribution in [-0.2, 0) is 9.53 Å². The maximum absolute atomic E-state index is 12.7. The molecule has 3 rings (SSSR count). The molecule has 0 atom stereocenters. The summed E-state index contributed by atoms with van der Waals surface area (Å²) in [4.78, 5) is 27.3. The summed E-state index contributed by atoms with van der Waals surface area (Å²) in [6.45, 7) is 2.87. The van der Waals surface area contributed by atoms with E-state index in [1.807, 2.05) is 18.2 Å². The third kappa shape index (κ3) is 5.71. The third-order valence-corrected chi connectivity index (χ3v) is 5.82. The van der Waals surface area contributed by atoms with Gasteiger partial charge in [0.1, 0.15) is 0 Å². The van der Waals surface area contributed by atoms with Gasteiger partial charge in [-0.3, -0.25) is 9.59 Å². The van der Waals surface area contributed by atoms with Gasteiger partial charge >= 0.3 is 0 Å². The molecule has 1 heterocycles. The maximum atomic E-state index is 12.7. The Balaban J connectivity index is 1.66. The average molecular weight is 388 g/mol. The molecule has 1 saturated heterocycles. The van der Waals surface area contributed by atoms with E-state index >= 15 is 0 Å². The lowest BCUT2D eigenvalue weighted by Crippen LogP contribution is -2.30. The van der Waals surface area contributed by atoms with E-state index in [1.165, 1.54) is 25.7 Å². The number of amides is 2. The predicted molar refractivity (Wildman–Crippen MR) is 112 cm³/mol. The first kappa shape index (κ1) is 20.6. The molecule has 1 saturated carbocycles. The van der Waals surface area contributed by atoms with Crippen molar-refractivity contribution in [3.8, 4) is 0 Å². The van der Waals surface area contributed by atoms with Crippen LogP contribution in [0.2, 0.25) is 0 Å². The summed E-state index contributed by atoms with van der Waals surface area (Å²) in [7, 11) is 1.61. The highest BCUT2D eigenvalue weighted by Crippen LogP contribution is 2.30. The van der Waals surface area contributed by atoms with Gasteiger partial charge in [-0.1, -0.05) is 25.7 Å². The minimum atomic E-state index is -0.124. The molecule has 28 heavy (non-hydrogen) atoms. The molecule has 1 aliphatic heterocycles. The topological polar surface area (TPSA) is 70.7 Å². The van der Waals surface area contributed by atoms with Crippen molar-refractivity contribution in [2.75, 3.05) is 43.6 Å². The summed E-state index contributed by atoms with van der Waals surface area (Å²) >= 11 is 0. The molecule has 2 N–H and O–H groups in total. The van der Waals surface area contributed by atoms with E-state index in [0.717, 1.165) is 38.0 Å². The van der Waals surface area contributed by atoms with Gasteiger partial charge in [-0.2, -0.15) is 0 Å². The quantitative estimate of drug-likeness (QED) is 0.636. The molecule has 2 aliphatic rings. The van der Waals surface area contributed by atoms with Crippen molar-refractivity contribution in [1.82, 2.24) is 5.32 Å². The van der Waals surface area contributed by atoms with Crippen LogP contribution in [0.1, 0.15) is 61.7 Å². The molecular formula is C22H33N3O3. The largest absolute Gasteiger partial charge is 0.383 e. The summed E-state index contributed by atoms with van der Waals surface area (Å²) in [5, 5.41) is 5.89. The standard InChI is InChI=1S/C22H33N3O3/c1-28-15-12-23-22(27)19-16-18(9-10-20(19)25-13-4-5-14-25)24-21(26)11-8-17-6-2-3-7-17/h9-10,16-17H,2-8,11-15H2,1H3,(H,23,27)(H,24,26). The number of rotatable bonds is 9. The number of ether oxygens (including phenoxy) is 1. The number of hydrogen-bond acceptors (Lipinski definition) is 4. The molecule has 0 radical (unpaired) electrons. The van der Waals surface area contributed by atoms with Crippen LogP contribution in [-0.4, -0.2) is 45.2 Å². The highest BCUT2D eigenvalue weighted by atomic mass is 16.5. The van der Waals surface area contributed by atoms with Gasteiger partial charge in [0.05, 0.1) is 12.2 Å². The number of carbonyl (C=O) groups excluding carboxylic acids is 2. The average Bonchev–Trinajstić information content (AvgIpc) is 3.40. The lowest BCUT2D eigenvalue weighted by atomic mass is 10.0. The van der Waals surface area contributed by atoms with Crippen molar-refractivity contribution >= 4 is 23.2 Å². The minimum Gasteiger partial charge on any atom is -0.383 e. The Morgan fingerprint density at radius 3 is 2.61 bits per heavy atom. The van der Waals surface area contributed by atoms with E-state index in [-0.39, 0.29) is 11.8 Å². The zero-order valence-corrected chi connectivity index (χ0v) is 17.0. The van der Waals surface area contributed by atoms with Crippen molar-refractivity contribution in [3.63, 3.8) is 0 Å². The Kier molecular flexibility index (Phi) is 7.71. The van der Waals surface area contributed by atoms with Crippen LogP contribution in [0, 0.1) is 5.92 Å². The zero-order chi connectivity index (χ0) is 19.8. The number of benzene rings is 1. The summed E-state index contributed by atoms with van der Waals surface area (Å²) < 4.78 is 5.02. The first-order chi connectivity index (χ1) is 13.7. The van der Waals surface area contributed by atoms with Crippen LogP contribution in [0.25, 0.3) is 0 Å². The second kappa shape index (κ2) is 10.5. The highest BCUT2D eigenvalue weighted by molar-refractivity contribution is 6.02. The van der Waals surface area contributed by atoms with E-state index in [0.29, 0.717) is 36.7 Å². The van der Waals surface area contributed by atoms with Gasteiger partial charge in [-0.05, 0) is 43.4 Å². The molecule has 6 nitrogen and oxygen atoms in total. The molecule has 0 bridgehead atoms. The van der Waals surface area contributed by atoms with E-state index < -0.39 is 0 Å². The van der Waals surface area contributed by atoms with E-state index in [1.54, 1.807) is 7.11 Å². The SMILES string of the molecule is COCCNC(=O)c1cc(NC(=O)CCC2CCCC2)ccc1N1CCCC1. The second-order valence-corrected chi connectivity index (χ2v) is 7.91. The number of anilines is 2. The molecule has 6 heteroatoms. The van der Waals surface area contributed by atoms with Gasteiger partial charge in [0, 0.05) is 44.5 Å². The van der Waals surface area contributed by atoms with Crippen molar-refractivity contribution < 1.29 is 14.3 Å². The van der Waals surface area contributed by atoms with Crippen LogP contribution in [0.5, 0.6) is 0 Å². The van der Waals surface area contributed by atoms with Crippen molar-refractivity contribution in [3.05, 3.63) is 23.8 Å². The molecule has 154 valence electrons. The molecule has 0 unspecified atom stereocenters. The summed E-state index contributed by atoms with van der Waals surface area (Å²) in [5.41, 5.74) is 2.25. The van der Waals surface area contributed by atoms with E-state index in [2.05, 4.69) is 15.5 Å². The van der Waals surface area contributed by atoms with Gasteiger partial charge in [-0.15, -0.1) is 0 Å². The minimum absolute atomic E-state index is 0.0339. The van der Waals surface area contributed by atoms with E-state index in [9.17, 15) is 9.59 Å². The van der Waals surface area contributed by atoms with Crippen LogP contribution >= 0.6 is 0 Å². The fraction of sp³-hybridized carbons (Fsp3) is 0.636. The van der Waals surface area contributed by atoms with E-state index in [4.69, 9.17) is 4.74 Å². The lowest BCUT2D eigenvalue weighted by Gasteiger charge is -2.22. The Morgan fingerprint density at radius 2 is 1.89 bits per heavy atom. The number of methoxy groups -OCH3 is 1. The van der Waals surface area contributed by atoms with Gasteiger partial charge < -0.3 is 20.3 Å². The summed E-state index contributed by atoms with van der Waals surface area (Å²) in [5.74, 6) is 0.609. The number of nitrogens with zero attached hydrogens (tertiary/aromatic N) is 1. The van der Waals surface area contributed by atoms with Crippen LogP contribution in [0.4, 0.5) is 11.4 Å². The van der Waals surface area contributed by atoms with Crippen molar-refractivity contribution in [2.24, 2.45) is 5.92 Å². The van der Waals surface area contributed by atoms with Crippen LogP contribution < -0.4 is 15.5 Å².